The van der Waals surface area contributed by atoms with Gasteiger partial charge in [-0.05, 0) is 37.7 Å². The van der Waals surface area contributed by atoms with E-state index in [-0.39, 0.29) is 63.7 Å². The molecule has 2 aliphatic heterocycles. The maximum Gasteiger partial charge on any atom is 0.231 e. The number of hydrogen-bond donors (Lipinski definition) is 2. The maximum absolute atomic E-state index is 14.3. The summed E-state index contributed by atoms with van der Waals surface area (Å²) >= 11 is 6.58. The summed E-state index contributed by atoms with van der Waals surface area (Å²) in [6, 6.07) is 5.96. The van der Waals surface area contributed by atoms with Crippen LogP contribution in [0.4, 0.5) is 0 Å². The Morgan fingerprint density at radius 1 is 1.05 bits per heavy atom. The number of hydrogen-bond acceptors (Lipinski definition) is 10. The quantitative estimate of drug-likeness (QED) is 0.460. The smallest absolute Gasteiger partial charge is 0.231 e. The number of phenols is 1. The van der Waals surface area contributed by atoms with Crippen molar-refractivity contribution in [2.75, 3.05) is 54.6 Å². The number of Topliss-reactive ketones (excluding diaryl/α,β-unsaturated/α-hetero) is 2. The number of amides is 1. The highest BCUT2D eigenvalue weighted by Crippen LogP contribution is 2.56. The number of carbonyl (C=O) groups is 3. The third-order valence-corrected chi connectivity index (χ3v) is 9.27. The van der Waals surface area contributed by atoms with E-state index in [9.17, 15) is 24.6 Å². The second-order valence-corrected chi connectivity index (χ2v) is 11.9. The van der Waals surface area contributed by atoms with Gasteiger partial charge in [-0.3, -0.25) is 14.4 Å². The van der Waals surface area contributed by atoms with Crippen LogP contribution in [0.2, 0.25) is 5.02 Å². The highest BCUT2D eigenvalue weighted by atomic mass is 35.5. The van der Waals surface area contributed by atoms with E-state index in [2.05, 4.69) is 4.90 Å². The molecule has 3 atom stereocenters. The van der Waals surface area contributed by atoms with Crippen molar-refractivity contribution in [2.45, 2.75) is 37.7 Å². The number of ketones is 2. The molecule has 11 nitrogen and oxygen atoms in total. The molecule has 12 heteroatoms. The van der Waals surface area contributed by atoms with E-state index in [0.29, 0.717) is 25.2 Å². The third-order valence-electron chi connectivity index (χ3n) is 8.92. The van der Waals surface area contributed by atoms with Gasteiger partial charge in [0, 0.05) is 56.0 Å². The van der Waals surface area contributed by atoms with Crippen LogP contribution in [0.25, 0.3) is 0 Å². The molecule has 1 fully saturated rings. The second-order valence-electron chi connectivity index (χ2n) is 11.5. The van der Waals surface area contributed by atoms with Crippen LogP contribution in [0.1, 0.15) is 48.0 Å². The molecule has 0 saturated carbocycles. The van der Waals surface area contributed by atoms with Crippen molar-refractivity contribution in [2.24, 2.45) is 5.92 Å². The Morgan fingerprint density at radius 3 is 2.43 bits per heavy atom. The van der Waals surface area contributed by atoms with Crippen molar-refractivity contribution in [3.63, 3.8) is 0 Å². The molecule has 2 N–H and O–H groups in total. The van der Waals surface area contributed by atoms with Gasteiger partial charge in [0.15, 0.2) is 28.8 Å². The van der Waals surface area contributed by atoms with Crippen LogP contribution >= 0.6 is 11.6 Å². The number of allylic oxidation sites excluding steroid dienone is 1. The first-order valence-electron chi connectivity index (χ1n) is 14.5. The lowest BCUT2D eigenvalue weighted by molar-refractivity contribution is -0.131. The third kappa shape index (κ3) is 5.11. The number of benzene rings is 2. The van der Waals surface area contributed by atoms with E-state index in [4.69, 9.17) is 30.5 Å². The number of aromatic hydroxyl groups is 1. The minimum absolute atomic E-state index is 0.0208. The first-order chi connectivity index (χ1) is 21.0. The lowest BCUT2D eigenvalue weighted by Gasteiger charge is -2.39. The number of likely N-dealkylation sites (N-methyl/N-ethyl adjacent to an activating group) is 1. The SMILES string of the molecule is COc1cc(C(CC(=O)N2CCCN(C)CC2)C2=C(O)C3(Oc4c(Cl)c(OC)cc(OC)c4C3=O)C(C)CC2=O)ccc1O. The van der Waals surface area contributed by atoms with Crippen LogP contribution in [-0.2, 0) is 9.59 Å². The van der Waals surface area contributed by atoms with Crippen LogP contribution in [0, 0.1) is 5.92 Å². The minimum Gasteiger partial charge on any atom is -0.507 e. The number of aliphatic hydroxyl groups is 1. The number of carbonyl (C=O) groups excluding carboxylic acids is 3. The van der Waals surface area contributed by atoms with Crippen molar-refractivity contribution < 1.29 is 43.5 Å². The molecule has 0 bridgehead atoms. The van der Waals surface area contributed by atoms with Gasteiger partial charge in [0.05, 0.1) is 21.3 Å². The zero-order chi connectivity index (χ0) is 31.9. The molecular formula is C32H37ClN2O9. The molecule has 1 aliphatic carbocycles. The fourth-order valence-electron chi connectivity index (χ4n) is 6.44. The summed E-state index contributed by atoms with van der Waals surface area (Å²) in [4.78, 5) is 45.8. The summed E-state index contributed by atoms with van der Waals surface area (Å²) in [6.45, 7) is 4.25. The molecule has 5 rings (SSSR count). The summed E-state index contributed by atoms with van der Waals surface area (Å²) in [6.07, 6.45) is 0.469. The summed E-state index contributed by atoms with van der Waals surface area (Å²) in [5, 5.41) is 22.4. The lowest BCUT2D eigenvalue weighted by atomic mass is 9.69. The van der Waals surface area contributed by atoms with Crippen LogP contribution in [0.15, 0.2) is 35.6 Å². The van der Waals surface area contributed by atoms with Crippen molar-refractivity contribution >= 4 is 29.1 Å². The zero-order valence-corrected chi connectivity index (χ0v) is 26.2. The van der Waals surface area contributed by atoms with Crippen molar-refractivity contribution in [1.82, 2.24) is 9.80 Å². The van der Waals surface area contributed by atoms with Crippen molar-refractivity contribution in [3.8, 4) is 28.7 Å². The first kappa shape index (κ1) is 31.5. The van der Waals surface area contributed by atoms with Gasteiger partial charge in [0.1, 0.15) is 22.1 Å². The molecule has 1 amide bonds. The number of halogens is 1. The largest absolute Gasteiger partial charge is 0.507 e. The number of methoxy groups -OCH3 is 3. The Balaban J connectivity index is 1.66. The summed E-state index contributed by atoms with van der Waals surface area (Å²) < 4.78 is 22.4. The maximum atomic E-state index is 14.3. The van der Waals surface area contributed by atoms with E-state index < -0.39 is 34.8 Å². The monoisotopic (exact) mass is 628 g/mol. The minimum atomic E-state index is -2.00. The average molecular weight is 629 g/mol. The van der Waals surface area contributed by atoms with Gasteiger partial charge in [0.2, 0.25) is 17.3 Å². The van der Waals surface area contributed by atoms with Gasteiger partial charge >= 0.3 is 0 Å². The Bertz CT molecular complexity index is 1540. The molecule has 44 heavy (non-hydrogen) atoms. The van der Waals surface area contributed by atoms with E-state index in [1.807, 2.05) is 7.05 Å². The fraction of sp³-hybridized carbons (Fsp3) is 0.469. The predicted molar refractivity (Wildman–Crippen MR) is 161 cm³/mol. The van der Waals surface area contributed by atoms with Gasteiger partial charge in [-0.1, -0.05) is 24.6 Å². The lowest BCUT2D eigenvalue weighted by Crippen LogP contribution is -2.53. The molecule has 3 unspecified atom stereocenters. The number of phenolic OH excluding ortho intramolecular Hbond substituents is 1. The molecule has 3 aliphatic rings. The zero-order valence-electron chi connectivity index (χ0n) is 25.4. The Morgan fingerprint density at radius 2 is 1.75 bits per heavy atom. The normalized spacial score (nSPS) is 22.9. The Hall–Kier alpha value is -3.96. The molecule has 2 heterocycles. The predicted octanol–water partition coefficient (Wildman–Crippen LogP) is 4.14. The highest BCUT2D eigenvalue weighted by Gasteiger charge is 2.61. The van der Waals surface area contributed by atoms with Gasteiger partial charge in [-0.15, -0.1) is 0 Å². The van der Waals surface area contributed by atoms with E-state index >= 15 is 0 Å². The standard InChI is InChI=1S/C32H37ClN2O9/c1-17-13-21(37)26(30(39)32(17)31(40)27-23(42-4)16-24(43-5)28(33)29(27)44-32)19(18-7-8-20(36)22(14-18)41-3)15-25(38)35-10-6-9-34(2)11-12-35/h7-8,14,16-17,19,36,39H,6,9-13,15H2,1-5H3. The number of aliphatic hydroxyl groups excluding tert-OH is 1. The van der Waals surface area contributed by atoms with Crippen LogP contribution < -0.4 is 18.9 Å². The average Bonchev–Trinajstić information content (AvgIpc) is 3.15. The van der Waals surface area contributed by atoms with Gasteiger partial charge in [-0.25, -0.2) is 0 Å². The molecule has 1 saturated heterocycles. The molecule has 2 aromatic carbocycles. The van der Waals surface area contributed by atoms with Gasteiger partial charge in [-0.2, -0.15) is 0 Å². The topological polar surface area (TPSA) is 135 Å². The summed E-state index contributed by atoms with van der Waals surface area (Å²) in [7, 11) is 6.18. The highest BCUT2D eigenvalue weighted by molar-refractivity contribution is 6.35. The fourth-order valence-corrected chi connectivity index (χ4v) is 6.70. The van der Waals surface area contributed by atoms with Gasteiger partial charge in [0.25, 0.3) is 0 Å². The van der Waals surface area contributed by atoms with Crippen molar-refractivity contribution in [3.05, 3.63) is 51.7 Å². The molecule has 2 aromatic rings. The number of ether oxygens (including phenoxy) is 4. The Kier molecular flexibility index (Phi) is 8.73. The number of fused-ring (bicyclic) bond motifs is 1. The second kappa shape index (κ2) is 12.2. The van der Waals surface area contributed by atoms with E-state index in [1.165, 1.54) is 39.5 Å². The molecule has 0 aromatic heterocycles. The van der Waals surface area contributed by atoms with E-state index in [0.717, 1.165) is 13.0 Å². The number of rotatable bonds is 7. The molecule has 0 radical (unpaired) electrons. The van der Waals surface area contributed by atoms with Crippen LogP contribution in [0.5, 0.6) is 28.7 Å². The Labute approximate surface area is 260 Å². The first-order valence-corrected chi connectivity index (χ1v) is 14.8. The van der Waals surface area contributed by atoms with E-state index in [1.54, 1.807) is 17.9 Å². The molecule has 236 valence electrons. The molecular weight excluding hydrogens is 592 g/mol. The summed E-state index contributed by atoms with van der Waals surface area (Å²) in [5.74, 6) is -3.29. The van der Waals surface area contributed by atoms with Crippen LogP contribution in [-0.4, -0.2) is 97.6 Å². The number of nitrogens with zero attached hydrogens (tertiary/aromatic N) is 2. The van der Waals surface area contributed by atoms with Crippen molar-refractivity contribution in [1.29, 1.82) is 0 Å². The van der Waals surface area contributed by atoms with Gasteiger partial charge < -0.3 is 39.0 Å². The molecule has 1 spiro atoms. The summed E-state index contributed by atoms with van der Waals surface area (Å²) in [5.41, 5.74) is -1.64. The van der Waals surface area contributed by atoms with Crippen LogP contribution in [0.3, 0.4) is 0 Å².